The Hall–Kier alpha value is -1.38. The minimum absolute atomic E-state index is 0.0708. The molecular formula is C16H21FO2. The fourth-order valence-electron chi connectivity index (χ4n) is 2.96. The van der Waals surface area contributed by atoms with Crippen LogP contribution >= 0.6 is 0 Å². The second-order valence-electron chi connectivity index (χ2n) is 5.26. The minimum atomic E-state index is -0.188. The van der Waals surface area contributed by atoms with Gasteiger partial charge in [-0.1, -0.05) is 25.0 Å². The summed E-state index contributed by atoms with van der Waals surface area (Å²) in [6.07, 6.45) is 4.05. The molecule has 2 unspecified atom stereocenters. The Bertz CT molecular complexity index is 456. The van der Waals surface area contributed by atoms with Crippen LogP contribution in [0.1, 0.15) is 49.7 Å². The quantitative estimate of drug-likeness (QED) is 0.772. The smallest absolute Gasteiger partial charge is 0.309 e. The van der Waals surface area contributed by atoms with Crippen molar-refractivity contribution >= 4 is 5.97 Å². The van der Waals surface area contributed by atoms with Gasteiger partial charge in [-0.15, -0.1) is 0 Å². The van der Waals surface area contributed by atoms with Gasteiger partial charge in [0.25, 0.3) is 0 Å². The van der Waals surface area contributed by atoms with Crippen molar-refractivity contribution in [3.05, 3.63) is 35.1 Å². The lowest BCUT2D eigenvalue weighted by Crippen LogP contribution is -2.27. The number of rotatable bonds is 3. The SMILES string of the molecule is CCOC(=O)C1CCCCC1c1ccc(F)c(C)c1. The van der Waals surface area contributed by atoms with Crippen molar-refractivity contribution in [2.24, 2.45) is 5.92 Å². The Morgan fingerprint density at radius 3 is 2.79 bits per heavy atom. The van der Waals surface area contributed by atoms with Crippen LogP contribution in [0.5, 0.6) is 0 Å². The van der Waals surface area contributed by atoms with Gasteiger partial charge in [0.15, 0.2) is 0 Å². The summed E-state index contributed by atoms with van der Waals surface area (Å²) in [4.78, 5) is 12.0. The van der Waals surface area contributed by atoms with Crippen molar-refractivity contribution in [2.45, 2.75) is 45.4 Å². The van der Waals surface area contributed by atoms with E-state index >= 15 is 0 Å². The molecule has 0 spiro atoms. The van der Waals surface area contributed by atoms with Crippen LogP contribution in [0.3, 0.4) is 0 Å². The lowest BCUT2D eigenvalue weighted by atomic mass is 9.75. The van der Waals surface area contributed by atoms with E-state index in [-0.39, 0.29) is 23.6 Å². The van der Waals surface area contributed by atoms with Crippen LogP contribution in [-0.4, -0.2) is 12.6 Å². The predicted octanol–water partition coefficient (Wildman–Crippen LogP) is 3.97. The van der Waals surface area contributed by atoms with E-state index in [0.29, 0.717) is 12.2 Å². The maximum absolute atomic E-state index is 13.4. The zero-order chi connectivity index (χ0) is 13.8. The number of carbonyl (C=O) groups is 1. The summed E-state index contributed by atoms with van der Waals surface area (Å²) in [5, 5.41) is 0. The van der Waals surface area contributed by atoms with E-state index in [9.17, 15) is 9.18 Å². The fourth-order valence-corrected chi connectivity index (χ4v) is 2.96. The van der Waals surface area contributed by atoms with Gasteiger partial charge < -0.3 is 4.74 Å². The third-order valence-electron chi connectivity index (χ3n) is 3.97. The molecule has 19 heavy (non-hydrogen) atoms. The fraction of sp³-hybridized carbons (Fsp3) is 0.562. The van der Waals surface area contributed by atoms with Crippen LogP contribution in [0.15, 0.2) is 18.2 Å². The maximum Gasteiger partial charge on any atom is 0.309 e. The Kier molecular flexibility index (Phi) is 4.56. The van der Waals surface area contributed by atoms with Gasteiger partial charge in [-0.2, -0.15) is 0 Å². The summed E-state index contributed by atoms with van der Waals surface area (Å²) in [7, 11) is 0. The highest BCUT2D eigenvalue weighted by Gasteiger charge is 2.33. The van der Waals surface area contributed by atoms with Gasteiger partial charge in [0.05, 0.1) is 12.5 Å². The average molecular weight is 264 g/mol. The van der Waals surface area contributed by atoms with Crippen molar-refractivity contribution in [3.63, 3.8) is 0 Å². The number of ether oxygens (including phenoxy) is 1. The first kappa shape index (κ1) is 14.0. The molecule has 1 aliphatic rings. The second-order valence-corrected chi connectivity index (χ2v) is 5.26. The molecule has 0 N–H and O–H groups in total. The largest absolute Gasteiger partial charge is 0.466 e. The van der Waals surface area contributed by atoms with Gasteiger partial charge in [0, 0.05) is 0 Å². The third-order valence-corrected chi connectivity index (χ3v) is 3.97. The van der Waals surface area contributed by atoms with Crippen LogP contribution in [-0.2, 0) is 9.53 Å². The molecule has 0 heterocycles. The first-order valence-corrected chi connectivity index (χ1v) is 7.06. The number of hydrogen-bond acceptors (Lipinski definition) is 2. The van der Waals surface area contributed by atoms with Crippen LogP contribution in [0.4, 0.5) is 4.39 Å². The van der Waals surface area contributed by atoms with E-state index in [1.807, 2.05) is 19.1 Å². The summed E-state index contributed by atoms with van der Waals surface area (Å²) in [5.41, 5.74) is 1.71. The Labute approximate surface area is 114 Å². The molecule has 0 amide bonds. The Balaban J connectivity index is 2.23. The summed E-state index contributed by atoms with van der Waals surface area (Å²) in [6, 6.07) is 5.18. The highest BCUT2D eigenvalue weighted by atomic mass is 19.1. The zero-order valence-electron chi connectivity index (χ0n) is 11.6. The molecule has 2 atom stereocenters. The minimum Gasteiger partial charge on any atom is -0.466 e. The number of benzene rings is 1. The average Bonchev–Trinajstić information content (AvgIpc) is 2.42. The van der Waals surface area contributed by atoms with E-state index in [1.165, 1.54) is 6.07 Å². The molecule has 0 radical (unpaired) electrons. The van der Waals surface area contributed by atoms with E-state index in [1.54, 1.807) is 6.92 Å². The number of aryl methyl sites for hydroxylation is 1. The van der Waals surface area contributed by atoms with Crippen molar-refractivity contribution < 1.29 is 13.9 Å². The van der Waals surface area contributed by atoms with Gasteiger partial charge in [0.2, 0.25) is 0 Å². The van der Waals surface area contributed by atoms with Crippen molar-refractivity contribution in [1.82, 2.24) is 0 Å². The van der Waals surface area contributed by atoms with Crippen LogP contribution < -0.4 is 0 Å². The summed E-state index contributed by atoms with van der Waals surface area (Å²) < 4.78 is 18.5. The van der Waals surface area contributed by atoms with Gasteiger partial charge in [-0.05, 0) is 49.8 Å². The zero-order valence-corrected chi connectivity index (χ0v) is 11.6. The normalized spacial score (nSPS) is 23.1. The highest BCUT2D eigenvalue weighted by molar-refractivity contribution is 5.74. The Morgan fingerprint density at radius 1 is 1.37 bits per heavy atom. The molecule has 1 fully saturated rings. The first-order chi connectivity index (χ1) is 9.13. The van der Waals surface area contributed by atoms with Crippen molar-refractivity contribution in [3.8, 4) is 0 Å². The molecule has 0 aromatic heterocycles. The molecule has 1 aromatic carbocycles. The lowest BCUT2D eigenvalue weighted by Gasteiger charge is -2.30. The molecule has 1 aromatic rings. The lowest BCUT2D eigenvalue weighted by molar-refractivity contribution is -0.149. The standard InChI is InChI=1S/C16H21FO2/c1-3-19-16(18)14-7-5-4-6-13(14)12-8-9-15(17)11(2)10-12/h8-10,13-14H,3-7H2,1-2H3. The highest BCUT2D eigenvalue weighted by Crippen LogP contribution is 2.38. The maximum atomic E-state index is 13.4. The van der Waals surface area contributed by atoms with Crippen LogP contribution in [0.2, 0.25) is 0 Å². The number of halogens is 1. The monoisotopic (exact) mass is 264 g/mol. The van der Waals surface area contributed by atoms with Gasteiger partial charge in [-0.25, -0.2) is 4.39 Å². The van der Waals surface area contributed by atoms with Crippen LogP contribution in [0.25, 0.3) is 0 Å². The van der Waals surface area contributed by atoms with E-state index < -0.39 is 0 Å². The number of hydrogen-bond donors (Lipinski definition) is 0. The summed E-state index contributed by atoms with van der Waals surface area (Å²) in [6.45, 7) is 4.02. The van der Waals surface area contributed by atoms with E-state index in [2.05, 4.69) is 0 Å². The topological polar surface area (TPSA) is 26.3 Å². The number of esters is 1. The molecule has 2 rings (SSSR count). The van der Waals surface area contributed by atoms with Gasteiger partial charge in [-0.3, -0.25) is 4.79 Å². The molecule has 1 saturated carbocycles. The summed E-state index contributed by atoms with van der Waals surface area (Å²) >= 11 is 0. The molecular weight excluding hydrogens is 243 g/mol. The second kappa shape index (κ2) is 6.18. The molecule has 1 aliphatic carbocycles. The van der Waals surface area contributed by atoms with Crippen molar-refractivity contribution in [2.75, 3.05) is 6.61 Å². The molecule has 2 nitrogen and oxygen atoms in total. The first-order valence-electron chi connectivity index (χ1n) is 7.06. The summed E-state index contributed by atoms with van der Waals surface area (Å²) in [5.74, 6) is -0.188. The predicted molar refractivity (Wildman–Crippen MR) is 72.5 cm³/mol. The molecule has 0 aliphatic heterocycles. The third kappa shape index (κ3) is 3.14. The van der Waals surface area contributed by atoms with E-state index in [0.717, 1.165) is 31.2 Å². The Morgan fingerprint density at radius 2 is 2.11 bits per heavy atom. The van der Waals surface area contributed by atoms with Gasteiger partial charge in [0.1, 0.15) is 5.82 Å². The van der Waals surface area contributed by atoms with E-state index in [4.69, 9.17) is 4.74 Å². The van der Waals surface area contributed by atoms with Crippen LogP contribution in [0, 0.1) is 18.7 Å². The van der Waals surface area contributed by atoms with Crippen molar-refractivity contribution in [1.29, 1.82) is 0 Å². The van der Waals surface area contributed by atoms with Gasteiger partial charge >= 0.3 is 5.97 Å². The molecule has 0 bridgehead atoms. The molecule has 3 heteroatoms. The number of carbonyl (C=O) groups excluding carboxylic acids is 1. The molecule has 104 valence electrons. The molecule has 0 saturated heterocycles.